The van der Waals surface area contributed by atoms with E-state index in [1.165, 1.54) is 36.0 Å². The van der Waals surface area contributed by atoms with Gasteiger partial charge in [-0.2, -0.15) is 0 Å². The number of piperidine rings is 1. The molecule has 1 fully saturated rings. The number of rotatable bonds is 2. The summed E-state index contributed by atoms with van der Waals surface area (Å²) in [4.78, 5) is 0. The van der Waals surface area contributed by atoms with E-state index in [1.807, 2.05) is 0 Å². The summed E-state index contributed by atoms with van der Waals surface area (Å²) in [5.74, 6) is 0. The van der Waals surface area contributed by atoms with Crippen LogP contribution in [-0.2, 0) is 19.3 Å². The second-order valence-electron chi connectivity index (χ2n) is 5.64. The van der Waals surface area contributed by atoms with E-state index in [1.54, 1.807) is 0 Å². The van der Waals surface area contributed by atoms with Crippen LogP contribution >= 0.6 is 0 Å². The first-order valence-electron chi connectivity index (χ1n) is 6.79. The van der Waals surface area contributed by atoms with E-state index in [0.29, 0.717) is 0 Å². The summed E-state index contributed by atoms with van der Waals surface area (Å²) in [6.45, 7) is 1.79. The van der Waals surface area contributed by atoms with Crippen molar-refractivity contribution < 1.29 is 5.11 Å². The highest BCUT2D eigenvalue weighted by Gasteiger charge is 2.29. The summed E-state index contributed by atoms with van der Waals surface area (Å²) < 4.78 is 0. The summed E-state index contributed by atoms with van der Waals surface area (Å²) >= 11 is 0. The van der Waals surface area contributed by atoms with Gasteiger partial charge in [0, 0.05) is 13.0 Å². The van der Waals surface area contributed by atoms with E-state index in [2.05, 4.69) is 23.5 Å². The van der Waals surface area contributed by atoms with Crippen LogP contribution in [0.5, 0.6) is 0 Å². The van der Waals surface area contributed by atoms with Crippen LogP contribution in [-0.4, -0.2) is 23.8 Å². The summed E-state index contributed by atoms with van der Waals surface area (Å²) in [6, 6.07) is 6.78. The van der Waals surface area contributed by atoms with Gasteiger partial charge in [0.1, 0.15) is 0 Å². The van der Waals surface area contributed by atoms with Crippen LogP contribution in [0.4, 0.5) is 0 Å². The maximum absolute atomic E-state index is 10.5. The largest absolute Gasteiger partial charge is 0.388 e. The number of fused-ring (bicyclic) bond motifs is 1. The number of benzene rings is 1. The van der Waals surface area contributed by atoms with E-state index >= 15 is 0 Å². The standard InChI is InChI=1S/C15H21NO/c17-15(7-2-8-16-11-15)10-12-5-6-13-3-1-4-14(13)9-12/h5-6,9,16-17H,1-4,7-8,10-11H2. The maximum atomic E-state index is 10.5. The van der Waals surface area contributed by atoms with Crippen LogP contribution in [0, 0.1) is 0 Å². The zero-order chi connectivity index (χ0) is 11.7. The molecule has 2 nitrogen and oxygen atoms in total. The highest BCUT2D eigenvalue weighted by molar-refractivity contribution is 5.35. The Labute approximate surface area is 103 Å². The molecule has 2 heteroatoms. The van der Waals surface area contributed by atoms with Gasteiger partial charge in [-0.25, -0.2) is 0 Å². The van der Waals surface area contributed by atoms with Crippen LogP contribution in [0.25, 0.3) is 0 Å². The maximum Gasteiger partial charge on any atom is 0.0812 e. The third kappa shape index (κ3) is 2.38. The summed E-state index contributed by atoms with van der Waals surface area (Å²) in [7, 11) is 0. The van der Waals surface area contributed by atoms with Crippen LogP contribution in [0.2, 0.25) is 0 Å². The Hall–Kier alpha value is -0.860. The Morgan fingerprint density at radius 1 is 1.18 bits per heavy atom. The van der Waals surface area contributed by atoms with Gasteiger partial charge in [0.05, 0.1) is 5.60 Å². The third-order valence-electron chi connectivity index (χ3n) is 4.15. The topological polar surface area (TPSA) is 32.3 Å². The van der Waals surface area contributed by atoms with Crippen LogP contribution < -0.4 is 5.32 Å². The van der Waals surface area contributed by atoms with Gasteiger partial charge >= 0.3 is 0 Å². The van der Waals surface area contributed by atoms with Crippen LogP contribution in [0.15, 0.2) is 18.2 Å². The van der Waals surface area contributed by atoms with Crippen molar-refractivity contribution in [2.45, 2.75) is 44.1 Å². The molecule has 2 aliphatic rings. The first-order valence-corrected chi connectivity index (χ1v) is 6.79. The summed E-state index contributed by atoms with van der Waals surface area (Å²) in [5, 5.41) is 13.8. The molecule has 0 bridgehead atoms. The molecule has 1 saturated heterocycles. The Bertz CT molecular complexity index is 407. The van der Waals surface area contributed by atoms with Crippen molar-refractivity contribution in [3.05, 3.63) is 34.9 Å². The number of hydrogen-bond acceptors (Lipinski definition) is 2. The van der Waals surface area contributed by atoms with Gasteiger partial charge in [0.15, 0.2) is 0 Å². The summed E-state index contributed by atoms with van der Waals surface area (Å²) in [6.07, 6.45) is 6.57. The Kier molecular flexibility index (Phi) is 2.93. The Balaban J connectivity index is 1.76. The molecule has 92 valence electrons. The van der Waals surface area contributed by atoms with Gasteiger partial charge in [-0.05, 0) is 55.3 Å². The summed E-state index contributed by atoms with van der Waals surface area (Å²) in [5.41, 5.74) is 3.81. The van der Waals surface area contributed by atoms with E-state index in [9.17, 15) is 5.11 Å². The van der Waals surface area contributed by atoms with Gasteiger partial charge in [-0.15, -0.1) is 0 Å². The molecule has 3 rings (SSSR count). The lowest BCUT2D eigenvalue weighted by atomic mass is 9.87. The molecule has 17 heavy (non-hydrogen) atoms. The lowest BCUT2D eigenvalue weighted by molar-refractivity contribution is 0.0169. The fourth-order valence-electron chi connectivity index (χ4n) is 3.22. The normalized spacial score (nSPS) is 28.1. The van der Waals surface area contributed by atoms with Gasteiger partial charge in [-0.3, -0.25) is 0 Å². The zero-order valence-electron chi connectivity index (χ0n) is 10.3. The van der Waals surface area contributed by atoms with E-state index in [4.69, 9.17) is 0 Å². The van der Waals surface area contributed by atoms with Crippen molar-refractivity contribution in [1.29, 1.82) is 0 Å². The average Bonchev–Trinajstić information content (AvgIpc) is 2.76. The third-order valence-corrected chi connectivity index (χ3v) is 4.15. The minimum atomic E-state index is -0.523. The first-order chi connectivity index (χ1) is 8.25. The highest BCUT2D eigenvalue weighted by atomic mass is 16.3. The number of aliphatic hydroxyl groups is 1. The molecule has 1 aliphatic carbocycles. The molecule has 0 spiro atoms. The van der Waals surface area contributed by atoms with Gasteiger partial charge < -0.3 is 10.4 Å². The number of nitrogens with one attached hydrogen (secondary N) is 1. The molecule has 1 unspecified atom stereocenters. The molecule has 1 aliphatic heterocycles. The number of hydrogen-bond donors (Lipinski definition) is 2. The predicted molar refractivity (Wildman–Crippen MR) is 69.2 cm³/mol. The van der Waals surface area contributed by atoms with Crippen molar-refractivity contribution in [3.8, 4) is 0 Å². The van der Waals surface area contributed by atoms with Gasteiger partial charge in [-0.1, -0.05) is 18.2 Å². The molecule has 0 amide bonds. The van der Waals surface area contributed by atoms with Crippen LogP contribution in [0.3, 0.4) is 0 Å². The monoisotopic (exact) mass is 231 g/mol. The fraction of sp³-hybridized carbons (Fsp3) is 0.600. The SMILES string of the molecule is OC1(Cc2ccc3c(c2)CCC3)CCCNC1. The molecule has 0 saturated carbocycles. The second kappa shape index (κ2) is 4.43. The lowest BCUT2D eigenvalue weighted by Crippen LogP contribution is -2.47. The molecular weight excluding hydrogens is 210 g/mol. The Morgan fingerprint density at radius 3 is 2.88 bits per heavy atom. The van der Waals surface area contributed by atoms with E-state index in [0.717, 1.165) is 32.4 Å². The predicted octanol–water partition coefficient (Wildman–Crippen LogP) is 1.83. The van der Waals surface area contributed by atoms with E-state index < -0.39 is 5.60 Å². The number of β-amino-alcohol motifs (C(OH)–C–C–N with tert-alkyl or cyclic N) is 1. The van der Waals surface area contributed by atoms with Crippen molar-refractivity contribution in [3.63, 3.8) is 0 Å². The van der Waals surface area contributed by atoms with Gasteiger partial charge in [0.2, 0.25) is 0 Å². The minimum Gasteiger partial charge on any atom is -0.388 e. The van der Waals surface area contributed by atoms with Crippen LogP contribution in [0.1, 0.15) is 36.0 Å². The van der Waals surface area contributed by atoms with Crippen molar-refractivity contribution in [2.24, 2.45) is 0 Å². The van der Waals surface area contributed by atoms with Crippen molar-refractivity contribution in [2.75, 3.05) is 13.1 Å². The van der Waals surface area contributed by atoms with Gasteiger partial charge in [0.25, 0.3) is 0 Å². The molecule has 2 N–H and O–H groups in total. The highest BCUT2D eigenvalue weighted by Crippen LogP contribution is 2.26. The molecular formula is C15H21NO. The first kappa shape index (κ1) is 11.2. The fourth-order valence-corrected chi connectivity index (χ4v) is 3.22. The Morgan fingerprint density at radius 2 is 2.06 bits per heavy atom. The zero-order valence-corrected chi connectivity index (χ0v) is 10.3. The molecule has 1 heterocycles. The van der Waals surface area contributed by atoms with E-state index in [-0.39, 0.29) is 0 Å². The quantitative estimate of drug-likeness (QED) is 0.814. The molecule has 1 aromatic rings. The minimum absolute atomic E-state index is 0.523. The molecule has 0 radical (unpaired) electrons. The average molecular weight is 231 g/mol. The lowest BCUT2D eigenvalue weighted by Gasteiger charge is -2.32. The van der Waals surface area contributed by atoms with Crippen molar-refractivity contribution in [1.82, 2.24) is 5.32 Å². The smallest absolute Gasteiger partial charge is 0.0812 e. The second-order valence-corrected chi connectivity index (χ2v) is 5.64. The molecule has 1 atom stereocenters. The molecule has 1 aromatic carbocycles. The molecule has 0 aromatic heterocycles. The number of aryl methyl sites for hydroxylation is 2. The van der Waals surface area contributed by atoms with Crippen molar-refractivity contribution >= 4 is 0 Å².